The monoisotopic (exact) mass is 328 g/mol. The van der Waals surface area contributed by atoms with E-state index in [4.69, 9.17) is 15.2 Å². The highest BCUT2D eigenvalue weighted by Crippen LogP contribution is 2.29. The molecule has 0 spiro atoms. The van der Waals surface area contributed by atoms with Gasteiger partial charge in [0.1, 0.15) is 0 Å². The van der Waals surface area contributed by atoms with E-state index in [0.29, 0.717) is 31.1 Å². The Morgan fingerprint density at radius 3 is 2.64 bits per heavy atom. The fourth-order valence-electron chi connectivity index (χ4n) is 2.55. The second-order valence-electron chi connectivity index (χ2n) is 5.83. The van der Waals surface area contributed by atoms with E-state index in [-0.39, 0.29) is 23.7 Å². The zero-order chi connectivity index (χ0) is 15.3. The smallest absolute Gasteiger partial charge is 0.226 e. The number of amides is 1. The number of methoxy groups -OCH3 is 1. The standard InChI is InChI=1S/C16H24N2O3.ClH/c1-16(11-17)8-9-18(12-16)15(19)7-10-21-14-6-4-3-5-13(14)20-2;/h3-6H,7-12,17H2,1-2H3;1H. The molecular weight excluding hydrogens is 304 g/mol. The number of para-hydroxylation sites is 2. The number of likely N-dealkylation sites (tertiary alicyclic amines) is 1. The van der Waals surface area contributed by atoms with Crippen molar-refractivity contribution in [1.29, 1.82) is 0 Å². The Balaban J connectivity index is 0.00000242. The van der Waals surface area contributed by atoms with Crippen LogP contribution < -0.4 is 15.2 Å². The van der Waals surface area contributed by atoms with Crippen molar-refractivity contribution in [2.45, 2.75) is 19.8 Å². The van der Waals surface area contributed by atoms with E-state index in [9.17, 15) is 4.79 Å². The van der Waals surface area contributed by atoms with E-state index in [1.165, 1.54) is 0 Å². The molecule has 1 unspecified atom stereocenters. The molecule has 1 aromatic carbocycles. The zero-order valence-electron chi connectivity index (χ0n) is 13.2. The van der Waals surface area contributed by atoms with Crippen LogP contribution in [-0.4, -0.2) is 44.2 Å². The average Bonchev–Trinajstić information content (AvgIpc) is 2.91. The zero-order valence-corrected chi connectivity index (χ0v) is 14.0. The van der Waals surface area contributed by atoms with Crippen LogP contribution in [0.1, 0.15) is 19.8 Å². The summed E-state index contributed by atoms with van der Waals surface area (Å²) in [6, 6.07) is 7.44. The van der Waals surface area contributed by atoms with Crippen molar-refractivity contribution in [3.8, 4) is 11.5 Å². The summed E-state index contributed by atoms with van der Waals surface area (Å²) in [6.45, 7) is 4.65. The first-order valence-electron chi connectivity index (χ1n) is 7.32. The number of ether oxygens (including phenoxy) is 2. The number of halogens is 1. The maximum absolute atomic E-state index is 12.2. The van der Waals surface area contributed by atoms with Crippen molar-refractivity contribution in [3.63, 3.8) is 0 Å². The maximum atomic E-state index is 12.2. The molecule has 1 amide bonds. The van der Waals surface area contributed by atoms with Crippen LogP contribution in [-0.2, 0) is 4.79 Å². The van der Waals surface area contributed by atoms with Gasteiger partial charge in [0.25, 0.3) is 0 Å². The summed E-state index contributed by atoms with van der Waals surface area (Å²) in [7, 11) is 1.60. The van der Waals surface area contributed by atoms with Crippen LogP contribution in [0.5, 0.6) is 11.5 Å². The van der Waals surface area contributed by atoms with Gasteiger partial charge < -0.3 is 20.1 Å². The van der Waals surface area contributed by atoms with Crippen molar-refractivity contribution in [3.05, 3.63) is 24.3 Å². The van der Waals surface area contributed by atoms with Gasteiger partial charge in [0, 0.05) is 13.1 Å². The van der Waals surface area contributed by atoms with Gasteiger partial charge in [-0.05, 0) is 30.5 Å². The predicted octanol–water partition coefficient (Wildman–Crippen LogP) is 2.08. The first-order valence-corrected chi connectivity index (χ1v) is 7.32. The molecule has 0 aliphatic carbocycles. The Morgan fingerprint density at radius 1 is 1.36 bits per heavy atom. The quantitative estimate of drug-likeness (QED) is 0.868. The van der Waals surface area contributed by atoms with Crippen LogP contribution >= 0.6 is 12.4 Å². The lowest BCUT2D eigenvalue weighted by Gasteiger charge is -2.22. The van der Waals surface area contributed by atoms with Gasteiger partial charge in [-0.15, -0.1) is 12.4 Å². The number of hydrogen-bond donors (Lipinski definition) is 1. The van der Waals surface area contributed by atoms with Gasteiger partial charge in [-0.1, -0.05) is 19.1 Å². The van der Waals surface area contributed by atoms with Crippen LogP contribution in [0.15, 0.2) is 24.3 Å². The van der Waals surface area contributed by atoms with E-state index >= 15 is 0 Å². The summed E-state index contributed by atoms with van der Waals surface area (Å²) in [5, 5.41) is 0. The minimum Gasteiger partial charge on any atom is -0.493 e. The van der Waals surface area contributed by atoms with E-state index in [1.807, 2.05) is 29.2 Å². The molecule has 1 aliphatic heterocycles. The Bertz CT molecular complexity index is 498. The number of carbonyl (C=O) groups is 1. The lowest BCUT2D eigenvalue weighted by atomic mass is 9.90. The summed E-state index contributed by atoms with van der Waals surface area (Å²) in [5.74, 6) is 1.48. The molecule has 5 nitrogen and oxygen atoms in total. The fourth-order valence-corrected chi connectivity index (χ4v) is 2.55. The van der Waals surface area contributed by atoms with Gasteiger partial charge >= 0.3 is 0 Å². The topological polar surface area (TPSA) is 64.8 Å². The highest BCUT2D eigenvalue weighted by Gasteiger charge is 2.34. The summed E-state index contributed by atoms with van der Waals surface area (Å²) >= 11 is 0. The van der Waals surface area contributed by atoms with Gasteiger partial charge in [-0.2, -0.15) is 0 Å². The lowest BCUT2D eigenvalue weighted by molar-refractivity contribution is -0.131. The molecule has 1 heterocycles. The van der Waals surface area contributed by atoms with Gasteiger partial charge in [-0.25, -0.2) is 0 Å². The molecule has 0 radical (unpaired) electrons. The Hall–Kier alpha value is -1.46. The molecule has 1 saturated heterocycles. The number of benzene rings is 1. The Morgan fingerprint density at radius 2 is 2.05 bits per heavy atom. The van der Waals surface area contributed by atoms with Crippen LogP contribution in [0.3, 0.4) is 0 Å². The Labute approximate surface area is 138 Å². The molecule has 1 fully saturated rings. The normalized spacial score (nSPS) is 20.4. The molecule has 0 aromatic heterocycles. The highest BCUT2D eigenvalue weighted by atomic mass is 35.5. The maximum Gasteiger partial charge on any atom is 0.226 e. The van der Waals surface area contributed by atoms with Crippen LogP contribution in [0, 0.1) is 5.41 Å². The van der Waals surface area contributed by atoms with Crippen molar-refractivity contribution in [2.75, 3.05) is 33.4 Å². The fraction of sp³-hybridized carbons (Fsp3) is 0.562. The number of hydrogen-bond acceptors (Lipinski definition) is 4. The number of nitrogens with zero attached hydrogens (tertiary/aromatic N) is 1. The number of carbonyl (C=O) groups excluding carboxylic acids is 1. The number of rotatable bonds is 6. The molecule has 0 bridgehead atoms. The molecule has 1 atom stereocenters. The van der Waals surface area contributed by atoms with E-state index in [2.05, 4.69) is 6.92 Å². The molecule has 124 valence electrons. The SMILES string of the molecule is COc1ccccc1OCCC(=O)N1CCC(C)(CN)C1.Cl. The van der Waals surface area contributed by atoms with Crippen molar-refractivity contribution < 1.29 is 14.3 Å². The minimum absolute atomic E-state index is 0. The highest BCUT2D eigenvalue weighted by molar-refractivity contribution is 5.85. The molecule has 1 aromatic rings. The molecular formula is C16H25ClN2O3. The van der Waals surface area contributed by atoms with Crippen molar-refractivity contribution in [2.24, 2.45) is 11.1 Å². The minimum atomic E-state index is 0. The molecule has 22 heavy (non-hydrogen) atoms. The summed E-state index contributed by atoms with van der Waals surface area (Å²) < 4.78 is 10.8. The first kappa shape index (κ1) is 18.6. The third-order valence-electron chi connectivity index (χ3n) is 4.05. The summed E-state index contributed by atoms with van der Waals surface area (Å²) in [6.07, 6.45) is 1.35. The molecule has 0 saturated carbocycles. The second kappa shape index (κ2) is 8.25. The van der Waals surface area contributed by atoms with E-state index in [0.717, 1.165) is 19.5 Å². The van der Waals surface area contributed by atoms with Crippen LogP contribution in [0.2, 0.25) is 0 Å². The first-order chi connectivity index (χ1) is 10.1. The van der Waals surface area contributed by atoms with Crippen molar-refractivity contribution in [1.82, 2.24) is 4.90 Å². The summed E-state index contributed by atoms with van der Waals surface area (Å²) in [5.41, 5.74) is 5.83. The second-order valence-corrected chi connectivity index (χ2v) is 5.83. The van der Waals surface area contributed by atoms with Gasteiger partial charge in [0.2, 0.25) is 5.91 Å². The van der Waals surface area contributed by atoms with E-state index in [1.54, 1.807) is 7.11 Å². The largest absolute Gasteiger partial charge is 0.493 e. The average molecular weight is 329 g/mol. The third kappa shape index (κ3) is 4.52. The predicted molar refractivity (Wildman–Crippen MR) is 88.7 cm³/mol. The van der Waals surface area contributed by atoms with Gasteiger partial charge in [0.15, 0.2) is 11.5 Å². The van der Waals surface area contributed by atoms with Gasteiger partial charge in [0.05, 0.1) is 20.1 Å². The Kier molecular flexibility index (Phi) is 6.97. The summed E-state index contributed by atoms with van der Waals surface area (Å²) in [4.78, 5) is 14.1. The molecule has 1 aliphatic rings. The lowest BCUT2D eigenvalue weighted by Crippen LogP contribution is -2.35. The van der Waals surface area contributed by atoms with Gasteiger partial charge in [-0.3, -0.25) is 4.79 Å². The molecule has 2 N–H and O–H groups in total. The van der Waals surface area contributed by atoms with Crippen LogP contribution in [0.4, 0.5) is 0 Å². The number of nitrogens with two attached hydrogens (primary N) is 1. The molecule has 6 heteroatoms. The molecule has 2 rings (SSSR count). The third-order valence-corrected chi connectivity index (χ3v) is 4.05. The van der Waals surface area contributed by atoms with Crippen LogP contribution in [0.25, 0.3) is 0 Å². The van der Waals surface area contributed by atoms with E-state index < -0.39 is 0 Å². The van der Waals surface area contributed by atoms with Crippen molar-refractivity contribution >= 4 is 18.3 Å².